The first kappa shape index (κ1) is 32.2. The molecular weight excluding hydrogens is 568 g/mol. The molecule has 1 aliphatic heterocycles. The average molecular weight is 611 g/mol. The van der Waals surface area contributed by atoms with Gasteiger partial charge in [-0.25, -0.2) is 9.97 Å². The maximum Gasteiger partial charge on any atom is 0.240 e. The van der Waals surface area contributed by atoms with E-state index in [0.717, 1.165) is 10.9 Å². The van der Waals surface area contributed by atoms with E-state index < -0.39 is 29.5 Å². The van der Waals surface area contributed by atoms with E-state index in [1.54, 1.807) is 13.2 Å². The number of carbonyl (C=O) groups excluding carboxylic acids is 3. The molecule has 0 aliphatic carbocycles. The Labute approximate surface area is 256 Å². The lowest BCUT2D eigenvalue weighted by Gasteiger charge is -2.31. The summed E-state index contributed by atoms with van der Waals surface area (Å²) in [6.07, 6.45) is 0.0746. The molecule has 3 atom stereocenters. The number of fused-ring (bicyclic) bond motifs is 1. The number of primary amides is 1. The number of hydrogen-bond donors (Lipinski definition) is 3. The number of amides is 3. The monoisotopic (exact) mass is 610 g/mol. The van der Waals surface area contributed by atoms with Gasteiger partial charge in [0.1, 0.15) is 29.3 Å². The smallest absolute Gasteiger partial charge is 0.240 e. The molecule has 2 aromatic heterocycles. The Morgan fingerprint density at radius 3 is 2.42 bits per heavy atom. The number of nitrogens with zero attached hydrogens (tertiary/aromatic N) is 3. The van der Waals surface area contributed by atoms with Gasteiger partial charge in [0.15, 0.2) is 5.13 Å². The number of thiazole rings is 1. The third-order valence-electron chi connectivity index (χ3n) is 7.44. The van der Waals surface area contributed by atoms with Gasteiger partial charge in [0.2, 0.25) is 17.7 Å². The van der Waals surface area contributed by atoms with Crippen molar-refractivity contribution in [2.45, 2.75) is 79.5 Å². The SMILES string of the molecule is COc1ccc2c(O[C@@H]3C[C@@H](C(N)=O)N(C(=O)[C@@H](N)C(C)(C)C)C3)cc(-c3csc(NC(=O)CC(C)(C)C)n3)nc2c1C. The lowest BCUT2D eigenvalue weighted by Crippen LogP contribution is -2.54. The molecule has 5 N–H and O–H groups in total. The van der Waals surface area contributed by atoms with Crippen molar-refractivity contribution in [3.05, 3.63) is 29.1 Å². The number of methoxy groups -OCH3 is 1. The number of ether oxygens (including phenoxy) is 2. The summed E-state index contributed by atoms with van der Waals surface area (Å²) < 4.78 is 12.1. The highest BCUT2D eigenvalue weighted by Gasteiger charge is 2.43. The van der Waals surface area contributed by atoms with Crippen molar-refractivity contribution >= 4 is 45.1 Å². The normalized spacial score (nSPS) is 18.0. The molecule has 11 nitrogen and oxygen atoms in total. The summed E-state index contributed by atoms with van der Waals surface area (Å²) in [4.78, 5) is 49.1. The molecule has 0 radical (unpaired) electrons. The molecular formula is C31H42N6O5S. The summed E-state index contributed by atoms with van der Waals surface area (Å²) in [5.41, 5.74) is 13.9. The molecule has 3 aromatic rings. The fourth-order valence-corrected chi connectivity index (χ4v) is 5.77. The minimum atomic E-state index is -0.835. The number of benzene rings is 1. The molecule has 0 unspecified atom stereocenters. The highest BCUT2D eigenvalue weighted by Crippen LogP contribution is 2.37. The number of likely N-dealkylation sites (tertiary alicyclic amines) is 1. The zero-order valence-electron chi connectivity index (χ0n) is 26.1. The van der Waals surface area contributed by atoms with Gasteiger partial charge in [-0.05, 0) is 29.9 Å². The van der Waals surface area contributed by atoms with Gasteiger partial charge in [-0.2, -0.15) is 0 Å². The third kappa shape index (κ3) is 7.24. The number of carbonyl (C=O) groups is 3. The number of pyridine rings is 1. The van der Waals surface area contributed by atoms with Crippen molar-refractivity contribution in [2.24, 2.45) is 22.3 Å². The van der Waals surface area contributed by atoms with Crippen molar-refractivity contribution in [1.82, 2.24) is 14.9 Å². The molecule has 1 saturated heterocycles. The Morgan fingerprint density at radius 1 is 1.12 bits per heavy atom. The van der Waals surface area contributed by atoms with Crippen LogP contribution in [0.2, 0.25) is 0 Å². The zero-order chi connectivity index (χ0) is 31.9. The molecule has 3 heterocycles. The number of nitrogens with one attached hydrogen (secondary N) is 1. The van der Waals surface area contributed by atoms with Crippen LogP contribution in [0, 0.1) is 17.8 Å². The second kappa shape index (κ2) is 12.1. The Bertz CT molecular complexity index is 1540. The number of rotatable bonds is 8. The van der Waals surface area contributed by atoms with Crippen LogP contribution >= 0.6 is 11.3 Å². The van der Waals surface area contributed by atoms with Crippen molar-refractivity contribution in [2.75, 3.05) is 19.0 Å². The van der Waals surface area contributed by atoms with Crippen LogP contribution in [0.3, 0.4) is 0 Å². The Balaban J connectivity index is 1.69. The van der Waals surface area contributed by atoms with Crippen molar-refractivity contribution in [3.63, 3.8) is 0 Å². The molecule has 1 aliphatic rings. The van der Waals surface area contributed by atoms with Crippen LogP contribution in [-0.4, -0.2) is 64.4 Å². The predicted molar refractivity (Wildman–Crippen MR) is 168 cm³/mol. The number of hydrogen-bond acceptors (Lipinski definition) is 9. The van der Waals surface area contributed by atoms with E-state index in [9.17, 15) is 14.4 Å². The number of aromatic nitrogens is 2. The van der Waals surface area contributed by atoms with Gasteiger partial charge in [0.05, 0.1) is 30.9 Å². The van der Waals surface area contributed by atoms with Crippen molar-refractivity contribution in [1.29, 1.82) is 0 Å². The van der Waals surface area contributed by atoms with Crippen LogP contribution in [0.15, 0.2) is 23.6 Å². The van der Waals surface area contributed by atoms with E-state index >= 15 is 0 Å². The lowest BCUT2D eigenvalue weighted by atomic mass is 9.86. The second-order valence-corrected chi connectivity index (χ2v) is 14.2. The van der Waals surface area contributed by atoms with Crippen LogP contribution in [-0.2, 0) is 14.4 Å². The van der Waals surface area contributed by atoms with E-state index in [2.05, 4.69) is 10.3 Å². The Morgan fingerprint density at radius 2 is 1.81 bits per heavy atom. The maximum atomic E-state index is 13.3. The molecule has 1 aromatic carbocycles. The van der Waals surface area contributed by atoms with Gasteiger partial charge in [0, 0.05) is 35.2 Å². The van der Waals surface area contributed by atoms with Crippen LogP contribution in [0.4, 0.5) is 5.13 Å². The molecule has 0 saturated carbocycles. The highest BCUT2D eigenvalue weighted by molar-refractivity contribution is 7.14. The summed E-state index contributed by atoms with van der Waals surface area (Å²) in [7, 11) is 1.60. The summed E-state index contributed by atoms with van der Waals surface area (Å²) in [5.74, 6) is 0.121. The molecule has 0 bridgehead atoms. The summed E-state index contributed by atoms with van der Waals surface area (Å²) in [6, 6.07) is 3.86. The minimum absolute atomic E-state index is 0.111. The number of aryl methyl sites for hydroxylation is 1. The first-order valence-corrected chi connectivity index (χ1v) is 15.1. The van der Waals surface area contributed by atoms with Gasteiger partial charge >= 0.3 is 0 Å². The standard InChI is InChI=1S/C31H42N6O5S/c1-16-22(41-8)10-9-18-23(42-17-11-21(27(33)39)37(14-17)28(40)26(32)31(5,6)7)12-19(34-25(16)18)20-15-43-29(35-20)36-24(38)13-30(2,3)4/h9-10,12,15,17,21,26H,11,13-14,32H2,1-8H3,(H2,33,39)(H,35,36,38)/t17-,21+,26-/m1/s1. The lowest BCUT2D eigenvalue weighted by molar-refractivity contribution is -0.140. The largest absolute Gasteiger partial charge is 0.496 e. The minimum Gasteiger partial charge on any atom is -0.496 e. The van der Waals surface area contributed by atoms with Gasteiger partial charge in [-0.15, -0.1) is 11.3 Å². The van der Waals surface area contributed by atoms with Gasteiger partial charge in [-0.3, -0.25) is 14.4 Å². The van der Waals surface area contributed by atoms with Gasteiger partial charge < -0.3 is 31.2 Å². The fraction of sp³-hybridized carbons (Fsp3) is 0.516. The van der Waals surface area contributed by atoms with Gasteiger partial charge in [0.25, 0.3) is 0 Å². The van der Waals surface area contributed by atoms with Crippen molar-refractivity contribution in [3.8, 4) is 22.9 Å². The fourth-order valence-electron chi connectivity index (χ4n) is 5.05. The molecule has 43 heavy (non-hydrogen) atoms. The van der Waals surface area contributed by atoms with Crippen LogP contribution in [0.1, 0.15) is 59.9 Å². The average Bonchev–Trinajstić information content (AvgIpc) is 3.54. The van der Waals surface area contributed by atoms with E-state index in [-0.39, 0.29) is 30.2 Å². The summed E-state index contributed by atoms with van der Waals surface area (Å²) in [6.45, 7) is 13.7. The van der Waals surface area contributed by atoms with Crippen molar-refractivity contribution < 1.29 is 23.9 Å². The molecule has 4 rings (SSSR count). The van der Waals surface area contributed by atoms with E-state index in [1.807, 2.05) is 66.0 Å². The Kier molecular flexibility index (Phi) is 9.03. The molecule has 232 valence electrons. The predicted octanol–water partition coefficient (Wildman–Crippen LogP) is 4.26. The van der Waals surface area contributed by atoms with E-state index in [1.165, 1.54) is 16.2 Å². The molecule has 3 amide bonds. The molecule has 0 spiro atoms. The quantitative estimate of drug-likeness (QED) is 0.341. The highest BCUT2D eigenvalue weighted by atomic mass is 32.1. The first-order chi connectivity index (χ1) is 20.0. The topological polar surface area (TPSA) is 163 Å². The third-order valence-corrected chi connectivity index (χ3v) is 8.20. The van der Waals surface area contributed by atoms with Crippen LogP contribution < -0.4 is 26.3 Å². The molecule has 1 fully saturated rings. The van der Waals surface area contributed by atoms with E-state index in [0.29, 0.717) is 40.0 Å². The number of nitrogens with two attached hydrogens (primary N) is 2. The second-order valence-electron chi connectivity index (χ2n) is 13.3. The zero-order valence-corrected chi connectivity index (χ0v) is 26.9. The van der Waals surface area contributed by atoms with Crippen LogP contribution in [0.5, 0.6) is 11.5 Å². The van der Waals surface area contributed by atoms with Crippen LogP contribution in [0.25, 0.3) is 22.3 Å². The maximum absolute atomic E-state index is 13.3. The Hall–Kier alpha value is -3.77. The summed E-state index contributed by atoms with van der Waals surface area (Å²) in [5, 5.41) is 5.92. The molecule has 12 heteroatoms. The van der Waals surface area contributed by atoms with E-state index in [4.69, 9.17) is 25.9 Å². The summed E-state index contributed by atoms with van der Waals surface area (Å²) >= 11 is 1.31. The van der Waals surface area contributed by atoms with Gasteiger partial charge in [-0.1, -0.05) is 41.5 Å². The first-order valence-electron chi connectivity index (χ1n) is 14.2. The number of anilines is 1.